The minimum Gasteiger partial charge on any atom is -0.352 e. The molecule has 2 bridgehead atoms. The van der Waals surface area contributed by atoms with Gasteiger partial charge in [-0.1, -0.05) is 52.3 Å². The zero-order chi connectivity index (χ0) is 21.6. The monoisotopic (exact) mass is 479 g/mol. The summed E-state index contributed by atoms with van der Waals surface area (Å²) in [6, 6.07) is 15.5. The topological polar surface area (TPSA) is 84.2 Å². The van der Waals surface area contributed by atoms with E-state index in [-0.39, 0.29) is 40.9 Å². The predicted octanol–water partition coefficient (Wildman–Crippen LogP) is 3.99. The zero-order valence-electron chi connectivity index (χ0n) is 17.2. The second kappa shape index (κ2) is 7.92. The average Bonchev–Trinajstić information content (AvgIpc) is 3.45. The Morgan fingerprint density at radius 1 is 0.968 bits per heavy atom. The van der Waals surface area contributed by atoms with Crippen LogP contribution in [0.3, 0.4) is 0 Å². The number of anilines is 1. The van der Waals surface area contributed by atoms with Crippen LogP contribution in [0.15, 0.2) is 65.2 Å². The Kier molecular flexibility index (Phi) is 5.22. The fourth-order valence-electron chi connectivity index (χ4n) is 5.64. The minimum atomic E-state index is -0.337. The molecule has 2 amide bonds. The van der Waals surface area contributed by atoms with E-state index in [1.165, 1.54) is 0 Å². The lowest BCUT2D eigenvalue weighted by atomic mass is 9.81. The summed E-state index contributed by atoms with van der Waals surface area (Å²) >= 11 is 3.42. The van der Waals surface area contributed by atoms with Gasteiger partial charge >= 0.3 is 0 Å². The van der Waals surface area contributed by atoms with E-state index in [4.69, 9.17) is 5.73 Å². The van der Waals surface area contributed by atoms with Crippen LogP contribution < -0.4 is 16.4 Å². The van der Waals surface area contributed by atoms with Gasteiger partial charge in [0.25, 0.3) is 0 Å². The molecule has 2 aromatic rings. The second-order valence-corrected chi connectivity index (χ2v) is 9.87. The largest absolute Gasteiger partial charge is 0.352 e. The van der Waals surface area contributed by atoms with Crippen molar-refractivity contribution < 1.29 is 9.59 Å². The molecule has 2 aromatic carbocycles. The van der Waals surface area contributed by atoms with Crippen molar-refractivity contribution >= 4 is 33.4 Å². The maximum absolute atomic E-state index is 13.3. The molecule has 4 atom stereocenters. The quantitative estimate of drug-likeness (QED) is 0.547. The fourth-order valence-corrected chi connectivity index (χ4v) is 5.91. The standard InChI is InChI=1S/C25H26BrN3O2/c26-17-4-6-18(7-5-17)29-24(31)22-20-9-8-19(25(20)10-11-25)21(22)23(30)28-14-16-3-1-2-15(12-16)13-27/h1-9,12,19-22H,10-11,13-14,27H2,(H,28,30)(H,29,31)/t19-,20+,21-,22-/m1/s1. The van der Waals surface area contributed by atoms with Crippen molar-refractivity contribution in [2.24, 2.45) is 34.8 Å². The van der Waals surface area contributed by atoms with E-state index in [1.54, 1.807) is 0 Å². The molecular formula is C25H26BrN3O2. The highest BCUT2D eigenvalue weighted by atomic mass is 79.9. The van der Waals surface area contributed by atoms with Crippen LogP contribution in [0.25, 0.3) is 0 Å². The molecule has 31 heavy (non-hydrogen) atoms. The Morgan fingerprint density at radius 3 is 2.26 bits per heavy atom. The third kappa shape index (κ3) is 3.62. The minimum absolute atomic E-state index is 0.0303. The van der Waals surface area contributed by atoms with E-state index in [1.807, 2.05) is 48.5 Å². The molecule has 0 unspecified atom stereocenters. The van der Waals surface area contributed by atoms with Gasteiger partial charge in [-0.3, -0.25) is 9.59 Å². The lowest BCUT2D eigenvalue weighted by Crippen LogP contribution is -2.41. The van der Waals surface area contributed by atoms with Crippen LogP contribution >= 0.6 is 15.9 Å². The van der Waals surface area contributed by atoms with E-state index < -0.39 is 0 Å². The first-order valence-electron chi connectivity index (χ1n) is 10.8. The molecule has 1 spiro atoms. The molecule has 3 aliphatic rings. The van der Waals surface area contributed by atoms with Gasteiger partial charge in [0.2, 0.25) is 11.8 Å². The van der Waals surface area contributed by atoms with Crippen LogP contribution in [0.2, 0.25) is 0 Å². The molecule has 4 N–H and O–H groups in total. The van der Waals surface area contributed by atoms with Crippen molar-refractivity contribution in [2.75, 3.05) is 5.32 Å². The summed E-state index contributed by atoms with van der Waals surface area (Å²) in [5, 5.41) is 6.15. The highest BCUT2D eigenvalue weighted by Gasteiger charge is 2.69. The van der Waals surface area contributed by atoms with Gasteiger partial charge in [0.15, 0.2) is 0 Å². The van der Waals surface area contributed by atoms with Crippen molar-refractivity contribution in [3.63, 3.8) is 0 Å². The maximum atomic E-state index is 13.3. The van der Waals surface area contributed by atoms with Crippen LogP contribution in [0.5, 0.6) is 0 Å². The Bertz CT molecular complexity index is 1040. The van der Waals surface area contributed by atoms with Crippen molar-refractivity contribution in [1.82, 2.24) is 5.32 Å². The van der Waals surface area contributed by atoms with E-state index in [2.05, 4.69) is 38.7 Å². The van der Waals surface area contributed by atoms with Crippen molar-refractivity contribution in [3.05, 3.63) is 76.3 Å². The predicted molar refractivity (Wildman–Crippen MR) is 124 cm³/mol. The molecule has 6 heteroatoms. The molecule has 0 aromatic heterocycles. The summed E-state index contributed by atoms with van der Waals surface area (Å²) in [6.07, 6.45) is 6.55. The van der Waals surface area contributed by atoms with E-state index >= 15 is 0 Å². The van der Waals surface area contributed by atoms with Crippen molar-refractivity contribution in [3.8, 4) is 0 Å². The first kappa shape index (κ1) is 20.5. The number of hydrogen-bond donors (Lipinski definition) is 3. The molecule has 2 fully saturated rings. The molecule has 160 valence electrons. The number of allylic oxidation sites excluding steroid dienone is 2. The van der Waals surface area contributed by atoms with Gasteiger partial charge in [0.05, 0.1) is 11.8 Å². The van der Waals surface area contributed by atoms with Gasteiger partial charge in [-0.2, -0.15) is 0 Å². The Morgan fingerprint density at radius 2 is 1.61 bits per heavy atom. The number of halogens is 1. The van der Waals surface area contributed by atoms with Gasteiger partial charge in [-0.15, -0.1) is 0 Å². The normalized spacial score (nSPS) is 26.8. The van der Waals surface area contributed by atoms with Gasteiger partial charge in [0, 0.05) is 23.2 Å². The number of rotatable bonds is 6. The Labute approximate surface area is 190 Å². The van der Waals surface area contributed by atoms with Gasteiger partial charge in [-0.25, -0.2) is 0 Å². The SMILES string of the molecule is NCc1cccc(CNC(=O)[C@H]2[C@H](C(=O)Nc3ccc(Br)cc3)[C@@H]3C=C[C@H]2C32CC2)c1. The van der Waals surface area contributed by atoms with Crippen molar-refractivity contribution in [2.45, 2.75) is 25.9 Å². The molecule has 0 heterocycles. The zero-order valence-corrected chi connectivity index (χ0v) is 18.8. The van der Waals surface area contributed by atoms with Gasteiger partial charge in [0.1, 0.15) is 0 Å². The van der Waals surface area contributed by atoms with Crippen LogP contribution in [0.1, 0.15) is 24.0 Å². The van der Waals surface area contributed by atoms with E-state index in [0.29, 0.717) is 13.1 Å². The average molecular weight is 480 g/mol. The third-order valence-corrected chi connectivity index (χ3v) is 7.78. The molecule has 0 saturated heterocycles. The lowest BCUT2D eigenvalue weighted by molar-refractivity contribution is -0.133. The summed E-state index contributed by atoms with van der Waals surface area (Å²) in [6.45, 7) is 0.915. The number of nitrogens with two attached hydrogens (primary N) is 1. The van der Waals surface area contributed by atoms with Crippen LogP contribution in [-0.2, 0) is 22.7 Å². The third-order valence-electron chi connectivity index (χ3n) is 7.25. The van der Waals surface area contributed by atoms with E-state index in [9.17, 15) is 9.59 Å². The molecule has 5 nitrogen and oxygen atoms in total. The fraction of sp³-hybridized carbons (Fsp3) is 0.360. The highest BCUT2D eigenvalue weighted by Crippen LogP contribution is 2.72. The number of carbonyl (C=O) groups excluding carboxylic acids is 2. The number of hydrogen-bond acceptors (Lipinski definition) is 3. The Hall–Kier alpha value is -2.44. The molecular weight excluding hydrogens is 454 g/mol. The number of carbonyl (C=O) groups is 2. The Balaban J connectivity index is 1.34. The second-order valence-electron chi connectivity index (χ2n) is 8.96. The maximum Gasteiger partial charge on any atom is 0.228 e. The number of nitrogens with one attached hydrogen (secondary N) is 2. The first-order chi connectivity index (χ1) is 15.0. The van der Waals surface area contributed by atoms with Crippen molar-refractivity contribution in [1.29, 1.82) is 0 Å². The molecule has 5 rings (SSSR count). The summed E-state index contributed by atoms with van der Waals surface area (Å²) < 4.78 is 0.959. The summed E-state index contributed by atoms with van der Waals surface area (Å²) in [5.41, 5.74) is 8.66. The summed E-state index contributed by atoms with van der Waals surface area (Å²) in [4.78, 5) is 26.7. The molecule has 2 saturated carbocycles. The van der Waals surface area contributed by atoms with Crippen LogP contribution in [0, 0.1) is 29.1 Å². The molecule has 3 aliphatic carbocycles. The number of amides is 2. The number of benzene rings is 2. The van der Waals surface area contributed by atoms with E-state index in [0.717, 1.165) is 34.1 Å². The molecule has 0 radical (unpaired) electrons. The summed E-state index contributed by atoms with van der Waals surface area (Å²) in [7, 11) is 0. The first-order valence-corrected chi connectivity index (χ1v) is 11.6. The van der Waals surface area contributed by atoms with Gasteiger partial charge in [-0.05, 0) is 65.5 Å². The smallest absolute Gasteiger partial charge is 0.228 e. The van der Waals surface area contributed by atoms with Gasteiger partial charge < -0.3 is 16.4 Å². The lowest BCUT2D eigenvalue weighted by Gasteiger charge is -2.26. The van der Waals surface area contributed by atoms with Crippen LogP contribution in [0.4, 0.5) is 5.69 Å². The van der Waals surface area contributed by atoms with Crippen LogP contribution in [-0.4, -0.2) is 11.8 Å². The highest BCUT2D eigenvalue weighted by molar-refractivity contribution is 9.10. The molecule has 0 aliphatic heterocycles. The summed E-state index contributed by atoms with van der Waals surface area (Å²) in [5.74, 6) is -0.465.